The van der Waals surface area contributed by atoms with Gasteiger partial charge in [-0.15, -0.1) is 0 Å². The highest BCUT2D eigenvalue weighted by Gasteiger charge is 2.20. The largest absolute Gasteiger partial charge is 0.398 e. The third-order valence-corrected chi connectivity index (χ3v) is 3.57. The molecule has 1 aliphatic rings. The van der Waals surface area contributed by atoms with Gasteiger partial charge in [0.15, 0.2) is 0 Å². The molecule has 0 saturated heterocycles. The summed E-state index contributed by atoms with van der Waals surface area (Å²) in [7, 11) is 0. The van der Waals surface area contributed by atoms with Gasteiger partial charge in [0.1, 0.15) is 0 Å². The van der Waals surface area contributed by atoms with Crippen LogP contribution >= 0.6 is 0 Å². The van der Waals surface area contributed by atoms with Gasteiger partial charge in [0, 0.05) is 11.1 Å². The maximum Gasteiger partial charge on any atom is 0.0394 e. The highest BCUT2D eigenvalue weighted by atomic mass is 14.6. The van der Waals surface area contributed by atoms with Gasteiger partial charge >= 0.3 is 0 Å². The third-order valence-electron chi connectivity index (χ3n) is 3.57. The Morgan fingerprint density at radius 1 is 1.11 bits per heavy atom. The van der Waals surface area contributed by atoms with Gasteiger partial charge in [0.05, 0.1) is 0 Å². The number of rotatable bonds is 2. The van der Waals surface area contributed by atoms with Crippen molar-refractivity contribution in [2.45, 2.75) is 6.92 Å². The van der Waals surface area contributed by atoms with Crippen LogP contribution in [0.2, 0.25) is 0 Å². The summed E-state index contributed by atoms with van der Waals surface area (Å²) in [6.07, 6.45) is 5.90. The Balaban J connectivity index is 2.39. The maximum atomic E-state index is 6.06. The number of hydrogen-bond acceptors (Lipinski definition) is 1. The van der Waals surface area contributed by atoms with Crippen molar-refractivity contribution in [2.24, 2.45) is 0 Å². The first-order valence-electron chi connectivity index (χ1n) is 6.06. The standard InChI is InChI=1S/C17H15N/c1-3-4-6-12-11(2)13-7-5-8-15-16(18)10-9-14(12)17(13)15/h3-10H,1,18H2,2H3/b6-4-. The first kappa shape index (κ1) is 10.8. The highest BCUT2D eigenvalue weighted by Crippen LogP contribution is 2.43. The molecule has 0 unspecified atom stereocenters. The zero-order chi connectivity index (χ0) is 12.7. The van der Waals surface area contributed by atoms with Gasteiger partial charge in [-0.3, -0.25) is 0 Å². The average molecular weight is 233 g/mol. The van der Waals surface area contributed by atoms with Crippen molar-refractivity contribution < 1.29 is 0 Å². The molecular weight excluding hydrogens is 218 g/mol. The van der Waals surface area contributed by atoms with Crippen molar-refractivity contribution in [2.75, 3.05) is 5.73 Å². The third kappa shape index (κ3) is 1.34. The Hall–Kier alpha value is -2.28. The number of hydrogen-bond donors (Lipinski definition) is 1. The van der Waals surface area contributed by atoms with Crippen LogP contribution in [0.1, 0.15) is 18.1 Å². The van der Waals surface area contributed by atoms with Crippen LogP contribution in [0.4, 0.5) is 5.69 Å². The van der Waals surface area contributed by atoms with E-state index in [1.807, 2.05) is 12.1 Å². The van der Waals surface area contributed by atoms with Gasteiger partial charge in [-0.05, 0) is 40.6 Å². The molecule has 2 aromatic rings. The molecule has 1 nitrogen and oxygen atoms in total. The van der Waals surface area contributed by atoms with E-state index in [0.29, 0.717) is 0 Å². The molecule has 0 aromatic heterocycles. The monoisotopic (exact) mass is 233 g/mol. The normalized spacial score (nSPS) is 13.8. The number of nitrogens with two attached hydrogens (primary N) is 1. The highest BCUT2D eigenvalue weighted by molar-refractivity contribution is 6.17. The van der Waals surface area contributed by atoms with Crippen molar-refractivity contribution in [3.05, 3.63) is 66.3 Å². The molecule has 3 rings (SSSR count). The summed E-state index contributed by atoms with van der Waals surface area (Å²) in [5, 5.41) is 2.42. The Bertz CT molecular complexity index is 718. The van der Waals surface area contributed by atoms with Gasteiger partial charge < -0.3 is 5.73 Å². The quantitative estimate of drug-likeness (QED) is 0.603. The predicted octanol–water partition coefficient (Wildman–Crippen LogP) is 4.41. The lowest BCUT2D eigenvalue weighted by atomic mass is 10.0. The van der Waals surface area contributed by atoms with Gasteiger partial charge in [-0.2, -0.15) is 0 Å². The summed E-state index contributed by atoms with van der Waals surface area (Å²) in [6.45, 7) is 5.89. The van der Waals surface area contributed by atoms with E-state index in [0.717, 1.165) is 11.1 Å². The summed E-state index contributed by atoms with van der Waals surface area (Å²) in [6, 6.07) is 10.4. The number of benzene rings is 2. The fourth-order valence-corrected chi connectivity index (χ4v) is 2.69. The number of allylic oxidation sites excluding steroid dienone is 5. The van der Waals surface area contributed by atoms with Crippen LogP contribution in [0.3, 0.4) is 0 Å². The van der Waals surface area contributed by atoms with Gasteiger partial charge in [0.25, 0.3) is 0 Å². The minimum atomic E-state index is 0.845. The van der Waals surface area contributed by atoms with Crippen LogP contribution in [-0.4, -0.2) is 0 Å². The molecule has 2 aromatic carbocycles. The second-order valence-electron chi connectivity index (χ2n) is 4.56. The van der Waals surface area contributed by atoms with E-state index < -0.39 is 0 Å². The van der Waals surface area contributed by atoms with Crippen LogP contribution in [0.25, 0.3) is 21.9 Å². The molecule has 0 saturated carbocycles. The van der Waals surface area contributed by atoms with Crippen molar-refractivity contribution in [3.8, 4) is 0 Å². The van der Waals surface area contributed by atoms with Gasteiger partial charge in [0.2, 0.25) is 0 Å². The lowest BCUT2D eigenvalue weighted by molar-refractivity contribution is 1.66. The van der Waals surface area contributed by atoms with Crippen LogP contribution in [0.15, 0.2) is 55.1 Å². The average Bonchev–Trinajstić information content (AvgIpc) is 2.66. The second-order valence-corrected chi connectivity index (χ2v) is 4.56. The lowest BCUT2D eigenvalue weighted by Gasteiger charge is -2.05. The van der Waals surface area contributed by atoms with Crippen molar-refractivity contribution in [3.63, 3.8) is 0 Å². The number of anilines is 1. The first-order chi connectivity index (χ1) is 8.74. The molecule has 0 bridgehead atoms. The fourth-order valence-electron chi connectivity index (χ4n) is 2.69. The summed E-state index contributed by atoms with van der Waals surface area (Å²) >= 11 is 0. The molecule has 0 aliphatic heterocycles. The Morgan fingerprint density at radius 2 is 1.94 bits per heavy atom. The van der Waals surface area contributed by atoms with Crippen molar-refractivity contribution >= 4 is 27.6 Å². The smallest absolute Gasteiger partial charge is 0.0394 e. The zero-order valence-electron chi connectivity index (χ0n) is 10.4. The molecule has 0 radical (unpaired) electrons. The molecule has 18 heavy (non-hydrogen) atoms. The van der Waals surface area contributed by atoms with Gasteiger partial charge in [-0.1, -0.05) is 49.1 Å². The van der Waals surface area contributed by atoms with E-state index >= 15 is 0 Å². The Kier molecular flexibility index (Phi) is 2.34. The zero-order valence-corrected chi connectivity index (χ0v) is 10.4. The molecule has 1 aliphatic carbocycles. The van der Waals surface area contributed by atoms with Crippen LogP contribution in [-0.2, 0) is 0 Å². The van der Waals surface area contributed by atoms with Crippen LogP contribution in [0, 0.1) is 0 Å². The van der Waals surface area contributed by atoms with Crippen LogP contribution < -0.4 is 5.73 Å². The minimum absolute atomic E-state index is 0.845. The molecule has 2 N–H and O–H groups in total. The minimum Gasteiger partial charge on any atom is -0.398 e. The summed E-state index contributed by atoms with van der Waals surface area (Å²) < 4.78 is 0. The second kappa shape index (κ2) is 3.88. The summed E-state index contributed by atoms with van der Waals surface area (Å²) in [4.78, 5) is 0. The number of nitrogen functional groups attached to an aromatic ring is 1. The van der Waals surface area contributed by atoms with E-state index in [-0.39, 0.29) is 0 Å². The SMILES string of the molecule is C=C/C=C\C1=C(C)c2cccc3c(N)ccc1c23. The molecule has 0 spiro atoms. The molecule has 0 heterocycles. The predicted molar refractivity (Wildman–Crippen MR) is 80.2 cm³/mol. The Morgan fingerprint density at radius 3 is 2.72 bits per heavy atom. The molecule has 88 valence electrons. The first-order valence-corrected chi connectivity index (χ1v) is 6.06. The molecule has 0 fully saturated rings. The van der Waals surface area contributed by atoms with E-state index in [1.165, 1.54) is 27.7 Å². The van der Waals surface area contributed by atoms with Gasteiger partial charge in [-0.25, -0.2) is 0 Å². The maximum absolute atomic E-state index is 6.06. The molecule has 1 heteroatoms. The van der Waals surface area contributed by atoms with Crippen molar-refractivity contribution in [1.82, 2.24) is 0 Å². The lowest BCUT2D eigenvalue weighted by Crippen LogP contribution is -1.89. The van der Waals surface area contributed by atoms with Crippen molar-refractivity contribution in [1.29, 1.82) is 0 Å². The Labute approximate surface area is 107 Å². The topological polar surface area (TPSA) is 26.0 Å². The van der Waals surface area contributed by atoms with E-state index in [9.17, 15) is 0 Å². The van der Waals surface area contributed by atoms with E-state index in [1.54, 1.807) is 6.08 Å². The van der Waals surface area contributed by atoms with E-state index in [4.69, 9.17) is 5.73 Å². The molecular formula is C17H15N. The summed E-state index contributed by atoms with van der Waals surface area (Å²) in [5.74, 6) is 0. The molecule has 0 amide bonds. The molecule has 0 atom stereocenters. The van der Waals surface area contributed by atoms with Crippen LogP contribution in [0.5, 0.6) is 0 Å². The fraction of sp³-hybridized carbons (Fsp3) is 0.0588. The summed E-state index contributed by atoms with van der Waals surface area (Å²) in [5.41, 5.74) is 12.0. The van der Waals surface area contributed by atoms with E-state index in [2.05, 4.69) is 43.8 Å².